The van der Waals surface area contributed by atoms with Crippen molar-refractivity contribution in [1.29, 1.82) is 0 Å². The first kappa shape index (κ1) is 18.6. The van der Waals surface area contributed by atoms with Crippen molar-refractivity contribution in [3.05, 3.63) is 54.5 Å². The summed E-state index contributed by atoms with van der Waals surface area (Å²) < 4.78 is 51.1. The van der Waals surface area contributed by atoms with Crippen molar-refractivity contribution in [2.45, 2.75) is 9.79 Å². The standard InChI is InChI=1S/C20H19FN2O4S/c1-26-15-5-6-18-17(12-15)20(23-7-9-27-10-8-23)19(13-22-18)28(24,25)16-4-2-3-14(21)11-16/h2-6,11-13H,7-10H2,1H3. The van der Waals surface area contributed by atoms with E-state index in [4.69, 9.17) is 9.47 Å². The number of anilines is 1. The number of hydrogen-bond donors (Lipinski definition) is 0. The van der Waals surface area contributed by atoms with Gasteiger partial charge in [-0.3, -0.25) is 4.98 Å². The number of halogens is 1. The van der Waals surface area contributed by atoms with Crippen LogP contribution in [-0.4, -0.2) is 46.8 Å². The van der Waals surface area contributed by atoms with E-state index in [1.165, 1.54) is 24.4 Å². The smallest absolute Gasteiger partial charge is 0.210 e. The monoisotopic (exact) mass is 402 g/mol. The number of sulfone groups is 1. The van der Waals surface area contributed by atoms with Crippen LogP contribution in [0.5, 0.6) is 5.75 Å². The lowest BCUT2D eigenvalue weighted by Gasteiger charge is -2.31. The van der Waals surface area contributed by atoms with Crippen LogP contribution in [0.3, 0.4) is 0 Å². The maximum Gasteiger partial charge on any atom is 0.210 e. The van der Waals surface area contributed by atoms with E-state index >= 15 is 0 Å². The number of ether oxygens (including phenoxy) is 2. The highest BCUT2D eigenvalue weighted by molar-refractivity contribution is 7.91. The Kier molecular flexibility index (Phi) is 4.91. The largest absolute Gasteiger partial charge is 0.497 e. The summed E-state index contributed by atoms with van der Waals surface area (Å²) in [5.41, 5.74) is 1.19. The molecule has 0 radical (unpaired) electrons. The number of benzene rings is 2. The van der Waals surface area contributed by atoms with Crippen LogP contribution in [0, 0.1) is 5.82 Å². The highest BCUT2D eigenvalue weighted by Crippen LogP contribution is 2.37. The fourth-order valence-electron chi connectivity index (χ4n) is 3.34. The lowest BCUT2D eigenvalue weighted by molar-refractivity contribution is 0.122. The Morgan fingerprint density at radius 1 is 1.14 bits per heavy atom. The molecule has 0 saturated carbocycles. The number of aromatic nitrogens is 1. The Hall–Kier alpha value is -2.71. The van der Waals surface area contributed by atoms with E-state index in [1.807, 2.05) is 4.90 Å². The molecule has 4 rings (SSSR count). The molecule has 0 N–H and O–H groups in total. The van der Waals surface area contributed by atoms with Gasteiger partial charge < -0.3 is 14.4 Å². The van der Waals surface area contributed by atoms with Gasteiger partial charge in [0.05, 0.1) is 36.4 Å². The minimum Gasteiger partial charge on any atom is -0.497 e. The predicted octanol–water partition coefficient (Wildman–Crippen LogP) is 3.05. The van der Waals surface area contributed by atoms with Crippen LogP contribution in [0.25, 0.3) is 10.9 Å². The molecule has 28 heavy (non-hydrogen) atoms. The third-order valence-corrected chi connectivity index (χ3v) is 6.49. The summed E-state index contributed by atoms with van der Waals surface area (Å²) in [6.45, 7) is 2.07. The van der Waals surface area contributed by atoms with Gasteiger partial charge in [-0.2, -0.15) is 0 Å². The molecule has 3 aromatic rings. The second-order valence-corrected chi connectivity index (χ2v) is 8.33. The first-order valence-electron chi connectivity index (χ1n) is 8.81. The van der Waals surface area contributed by atoms with Gasteiger partial charge in [0, 0.05) is 24.7 Å². The molecule has 1 aromatic heterocycles. The van der Waals surface area contributed by atoms with Gasteiger partial charge in [0.15, 0.2) is 0 Å². The van der Waals surface area contributed by atoms with Crippen molar-refractivity contribution in [1.82, 2.24) is 4.98 Å². The SMILES string of the molecule is COc1ccc2ncc(S(=O)(=O)c3cccc(F)c3)c(N3CCOCC3)c2c1. The second kappa shape index (κ2) is 7.37. The first-order chi connectivity index (χ1) is 13.5. The molecule has 146 valence electrons. The summed E-state index contributed by atoms with van der Waals surface area (Å²) in [5.74, 6) is -0.00599. The van der Waals surface area contributed by atoms with Crippen molar-refractivity contribution < 1.29 is 22.3 Å². The van der Waals surface area contributed by atoms with Crippen LogP contribution in [0.4, 0.5) is 10.1 Å². The van der Waals surface area contributed by atoms with Crippen molar-refractivity contribution in [2.24, 2.45) is 0 Å². The minimum atomic E-state index is -3.98. The molecule has 1 saturated heterocycles. The van der Waals surface area contributed by atoms with Crippen molar-refractivity contribution in [3.63, 3.8) is 0 Å². The summed E-state index contributed by atoms with van der Waals surface area (Å²) in [7, 11) is -2.43. The molecule has 0 atom stereocenters. The maximum absolute atomic E-state index is 13.7. The molecule has 0 unspecified atom stereocenters. The van der Waals surface area contributed by atoms with Gasteiger partial charge in [-0.25, -0.2) is 12.8 Å². The van der Waals surface area contributed by atoms with Crippen molar-refractivity contribution >= 4 is 26.4 Å². The van der Waals surface area contributed by atoms with Gasteiger partial charge in [0.25, 0.3) is 0 Å². The fourth-order valence-corrected chi connectivity index (χ4v) is 4.80. The lowest BCUT2D eigenvalue weighted by Crippen LogP contribution is -2.37. The van der Waals surface area contributed by atoms with Gasteiger partial charge in [-0.05, 0) is 36.4 Å². The Morgan fingerprint density at radius 2 is 1.93 bits per heavy atom. The highest BCUT2D eigenvalue weighted by atomic mass is 32.2. The topological polar surface area (TPSA) is 68.7 Å². The Morgan fingerprint density at radius 3 is 2.64 bits per heavy atom. The average molecular weight is 402 g/mol. The third kappa shape index (κ3) is 3.29. The molecule has 1 aliphatic rings. The molecular formula is C20H19FN2O4S. The average Bonchev–Trinajstić information content (AvgIpc) is 2.73. The Bertz CT molecular complexity index is 1130. The summed E-state index contributed by atoms with van der Waals surface area (Å²) in [6.07, 6.45) is 1.35. The van der Waals surface area contributed by atoms with Crippen molar-refractivity contribution in [3.8, 4) is 5.75 Å². The number of methoxy groups -OCH3 is 1. The first-order valence-corrected chi connectivity index (χ1v) is 10.3. The molecule has 6 nitrogen and oxygen atoms in total. The molecule has 0 aliphatic carbocycles. The molecule has 1 fully saturated rings. The number of hydrogen-bond acceptors (Lipinski definition) is 6. The number of fused-ring (bicyclic) bond motifs is 1. The molecular weight excluding hydrogens is 383 g/mol. The van der Waals surface area contributed by atoms with E-state index in [-0.39, 0.29) is 9.79 Å². The molecule has 8 heteroatoms. The number of rotatable bonds is 4. The van der Waals surface area contributed by atoms with Crippen LogP contribution in [0.2, 0.25) is 0 Å². The summed E-state index contributed by atoms with van der Waals surface area (Å²) in [5, 5.41) is 0.665. The van der Waals surface area contributed by atoms with Crippen LogP contribution in [0.1, 0.15) is 0 Å². The lowest BCUT2D eigenvalue weighted by atomic mass is 10.1. The van der Waals surface area contributed by atoms with E-state index in [1.54, 1.807) is 25.3 Å². The minimum absolute atomic E-state index is 0.0424. The molecule has 0 amide bonds. The van der Waals surface area contributed by atoms with E-state index in [9.17, 15) is 12.8 Å². The predicted molar refractivity (Wildman–Crippen MR) is 103 cm³/mol. The van der Waals surface area contributed by atoms with Crippen LogP contribution in [0.15, 0.2) is 58.5 Å². The fraction of sp³-hybridized carbons (Fsp3) is 0.250. The summed E-state index contributed by atoms with van der Waals surface area (Å²) in [6, 6.07) is 10.3. The zero-order valence-corrected chi connectivity index (χ0v) is 16.1. The van der Waals surface area contributed by atoms with Gasteiger partial charge >= 0.3 is 0 Å². The highest BCUT2D eigenvalue weighted by Gasteiger charge is 2.28. The molecule has 0 spiro atoms. The quantitative estimate of drug-likeness (QED) is 0.668. The molecule has 0 bridgehead atoms. The third-order valence-electron chi connectivity index (χ3n) is 4.74. The molecule has 2 aromatic carbocycles. The molecule has 1 aliphatic heterocycles. The number of nitrogens with zero attached hydrogens (tertiary/aromatic N) is 2. The normalized spacial score (nSPS) is 15.0. The zero-order valence-electron chi connectivity index (χ0n) is 15.3. The van der Waals surface area contributed by atoms with Crippen LogP contribution >= 0.6 is 0 Å². The number of pyridine rings is 1. The van der Waals surface area contributed by atoms with Crippen LogP contribution in [-0.2, 0) is 14.6 Å². The van der Waals surface area contributed by atoms with E-state index < -0.39 is 15.7 Å². The Balaban J connectivity index is 1.99. The van der Waals surface area contributed by atoms with Crippen LogP contribution < -0.4 is 9.64 Å². The van der Waals surface area contributed by atoms with Gasteiger partial charge in [0.2, 0.25) is 9.84 Å². The van der Waals surface area contributed by atoms with E-state index in [0.29, 0.717) is 48.6 Å². The van der Waals surface area contributed by atoms with E-state index in [2.05, 4.69) is 4.98 Å². The number of morpholine rings is 1. The van der Waals surface area contributed by atoms with Gasteiger partial charge in [-0.1, -0.05) is 6.07 Å². The molecule has 2 heterocycles. The van der Waals surface area contributed by atoms with Crippen molar-refractivity contribution in [2.75, 3.05) is 38.3 Å². The second-order valence-electron chi connectivity index (χ2n) is 6.41. The summed E-state index contributed by atoms with van der Waals surface area (Å²) in [4.78, 5) is 6.25. The van der Waals surface area contributed by atoms with E-state index in [0.717, 1.165) is 6.07 Å². The van der Waals surface area contributed by atoms with Gasteiger partial charge in [0.1, 0.15) is 16.5 Å². The Labute approximate surface area is 162 Å². The van der Waals surface area contributed by atoms with Gasteiger partial charge in [-0.15, -0.1) is 0 Å². The zero-order chi connectivity index (χ0) is 19.7. The maximum atomic E-state index is 13.7. The summed E-state index contributed by atoms with van der Waals surface area (Å²) >= 11 is 0.